The van der Waals surface area contributed by atoms with Crippen molar-refractivity contribution in [3.63, 3.8) is 0 Å². The number of unbranched alkanes of at least 4 members (excludes halogenated alkanes) is 2. The minimum Gasteiger partial charge on any atom is -0.478 e. The van der Waals surface area contributed by atoms with Crippen LogP contribution in [0.2, 0.25) is 0 Å². The van der Waals surface area contributed by atoms with E-state index in [2.05, 4.69) is 24.4 Å². The van der Waals surface area contributed by atoms with Gasteiger partial charge in [-0.25, -0.2) is 4.79 Å². The Balaban J connectivity index is 3.41. The zero-order valence-electron chi connectivity index (χ0n) is 9.61. The van der Waals surface area contributed by atoms with Crippen molar-refractivity contribution in [3.05, 3.63) is 24.3 Å². The fourth-order valence-corrected chi connectivity index (χ4v) is 1.09. The van der Waals surface area contributed by atoms with Crippen LogP contribution < -0.4 is 5.32 Å². The number of carboxylic acids is 1. The first kappa shape index (κ1) is 14.4. The Hall–Kier alpha value is -1.58. The topological polar surface area (TPSA) is 66.4 Å². The van der Waals surface area contributed by atoms with Gasteiger partial charge in [-0.05, 0) is 25.7 Å². The van der Waals surface area contributed by atoms with Crippen molar-refractivity contribution in [1.29, 1.82) is 0 Å². The smallest absolute Gasteiger partial charge is 0.328 e. The summed E-state index contributed by atoms with van der Waals surface area (Å²) in [5.41, 5.74) is 0. The zero-order chi connectivity index (χ0) is 12.2. The van der Waals surface area contributed by atoms with Crippen molar-refractivity contribution < 1.29 is 14.7 Å². The van der Waals surface area contributed by atoms with E-state index in [1.807, 2.05) is 0 Å². The van der Waals surface area contributed by atoms with Crippen LogP contribution in [0.1, 0.15) is 32.6 Å². The van der Waals surface area contributed by atoms with Gasteiger partial charge in [-0.15, -0.1) is 0 Å². The molecule has 0 aromatic carbocycles. The minimum absolute atomic E-state index is 0.355. The molecule has 2 N–H and O–H groups in total. The van der Waals surface area contributed by atoms with Crippen LogP contribution in [0, 0.1) is 0 Å². The number of aliphatic carboxylic acids is 1. The molecule has 0 saturated carbocycles. The van der Waals surface area contributed by atoms with Gasteiger partial charge in [0.05, 0.1) is 0 Å². The van der Waals surface area contributed by atoms with Gasteiger partial charge in [0.25, 0.3) is 0 Å². The van der Waals surface area contributed by atoms with Crippen LogP contribution in [0.5, 0.6) is 0 Å². The number of allylic oxidation sites excluding steroid dienone is 2. The first-order valence-corrected chi connectivity index (χ1v) is 5.50. The molecule has 0 radical (unpaired) electrons. The number of hydrogen-bond donors (Lipinski definition) is 2. The molecule has 0 rings (SSSR count). The molecule has 0 aromatic rings. The molecule has 0 spiro atoms. The molecule has 0 aliphatic heterocycles. The highest BCUT2D eigenvalue weighted by molar-refractivity contribution is 5.93. The molecule has 90 valence electrons. The summed E-state index contributed by atoms with van der Waals surface area (Å²) in [5.74, 6) is -1.47. The maximum absolute atomic E-state index is 11.0. The lowest BCUT2D eigenvalue weighted by molar-refractivity contribution is -0.131. The fourth-order valence-electron chi connectivity index (χ4n) is 1.09. The quantitative estimate of drug-likeness (QED) is 0.376. The van der Waals surface area contributed by atoms with Crippen LogP contribution in [-0.4, -0.2) is 23.5 Å². The molecular formula is C12H19NO3. The number of carboxylic acid groups (broad SMARTS) is 1. The number of rotatable bonds is 8. The summed E-state index contributed by atoms with van der Waals surface area (Å²) in [6.07, 6.45) is 10.1. The van der Waals surface area contributed by atoms with Crippen LogP contribution in [0.25, 0.3) is 0 Å². The van der Waals surface area contributed by atoms with E-state index < -0.39 is 5.97 Å². The maximum atomic E-state index is 11.0. The molecule has 4 nitrogen and oxygen atoms in total. The molecule has 0 atom stereocenters. The predicted molar refractivity (Wildman–Crippen MR) is 63.1 cm³/mol. The highest BCUT2D eigenvalue weighted by atomic mass is 16.4. The molecule has 0 fully saturated rings. The molecule has 16 heavy (non-hydrogen) atoms. The number of amides is 1. The summed E-state index contributed by atoms with van der Waals surface area (Å²) < 4.78 is 0. The highest BCUT2D eigenvalue weighted by Gasteiger charge is 1.95. The van der Waals surface area contributed by atoms with E-state index in [4.69, 9.17) is 5.11 Å². The Labute approximate surface area is 96.0 Å². The SMILES string of the molecule is CC/C=C/CCCCNC(=O)/C=C/C(=O)O. The first-order valence-electron chi connectivity index (χ1n) is 5.50. The van der Waals surface area contributed by atoms with E-state index in [9.17, 15) is 9.59 Å². The molecule has 0 aromatic heterocycles. The van der Waals surface area contributed by atoms with Gasteiger partial charge >= 0.3 is 5.97 Å². The lowest BCUT2D eigenvalue weighted by atomic mass is 10.2. The van der Waals surface area contributed by atoms with Crippen molar-refractivity contribution in [1.82, 2.24) is 5.32 Å². The van der Waals surface area contributed by atoms with E-state index in [1.165, 1.54) is 0 Å². The highest BCUT2D eigenvalue weighted by Crippen LogP contribution is 1.96. The first-order chi connectivity index (χ1) is 7.66. The number of hydrogen-bond acceptors (Lipinski definition) is 2. The van der Waals surface area contributed by atoms with Gasteiger partial charge in [0.2, 0.25) is 5.91 Å². The third kappa shape index (κ3) is 10.5. The van der Waals surface area contributed by atoms with Gasteiger partial charge in [-0.3, -0.25) is 4.79 Å². The second-order valence-electron chi connectivity index (χ2n) is 3.34. The Morgan fingerprint density at radius 1 is 1.19 bits per heavy atom. The van der Waals surface area contributed by atoms with Crippen molar-refractivity contribution in [2.45, 2.75) is 32.6 Å². The molecule has 1 amide bonds. The summed E-state index contributed by atoms with van der Waals surface area (Å²) in [4.78, 5) is 21.1. The lowest BCUT2D eigenvalue weighted by Crippen LogP contribution is -2.22. The number of carbonyl (C=O) groups is 2. The molecular weight excluding hydrogens is 206 g/mol. The van der Waals surface area contributed by atoms with Crippen molar-refractivity contribution >= 4 is 11.9 Å². The minimum atomic E-state index is -1.11. The van der Waals surface area contributed by atoms with Gasteiger partial charge in [0.1, 0.15) is 0 Å². The summed E-state index contributed by atoms with van der Waals surface area (Å²) in [7, 11) is 0. The predicted octanol–water partition coefficient (Wildman–Crippen LogP) is 1.88. The largest absolute Gasteiger partial charge is 0.478 e. The molecule has 0 aliphatic rings. The molecule has 0 unspecified atom stereocenters. The molecule has 0 bridgehead atoms. The molecule has 0 saturated heterocycles. The number of nitrogens with one attached hydrogen (secondary N) is 1. The summed E-state index contributed by atoms with van der Waals surface area (Å²) in [6.45, 7) is 2.67. The van der Waals surface area contributed by atoms with Crippen LogP contribution in [0.3, 0.4) is 0 Å². The molecule has 0 aliphatic carbocycles. The van der Waals surface area contributed by atoms with Crippen LogP contribution in [0.15, 0.2) is 24.3 Å². The fraction of sp³-hybridized carbons (Fsp3) is 0.500. The Morgan fingerprint density at radius 2 is 1.94 bits per heavy atom. The Kier molecular flexibility index (Phi) is 8.97. The average molecular weight is 225 g/mol. The van der Waals surface area contributed by atoms with Gasteiger partial charge in [-0.2, -0.15) is 0 Å². The number of carbonyl (C=O) groups excluding carboxylic acids is 1. The normalized spacial score (nSPS) is 11.1. The summed E-state index contributed by atoms with van der Waals surface area (Å²) >= 11 is 0. The zero-order valence-corrected chi connectivity index (χ0v) is 9.61. The molecule has 0 heterocycles. The van der Waals surface area contributed by atoms with Crippen LogP contribution in [0.4, 0.5) is 0 Å². The Bertz CT molecular complexity index is 269. The van der Waals surface area contributed by atoms with E-state index in [0.717, 1.165) is 37.8 Å². The van der Waals surface area contributed by atoms with Crippen molar-refractivity contribution in [2.75, 3.05) is 6.54 Å². The average Bonchev–Trinajstić information content (AvgIpc) is 2.25. The van der Waals surface area contributed by atoms with Crippen molar-refractivity contribution in [3.8, 4) is 0 Å². The lowest BCUT2D eigenvalue weighted by Gasteiger charge is -2.00. The van der Waals surface area contributed by atoms with E-state index in [-0.39, 0.29) is 5.91 Å². The Morgan fingerprint density at radius 3 is 2.56 bits per heavy atom. The monoisotopic (exact) mass is 225 g/mol. The van der Waals surface area contributed by atoms with Crippen molar-refractivity contribution in [2.24, 2.45) is 0 Å². The van der Waals surface area contributed by atoms with Gasteiger partial charge < -0.3 is 10.4 Å². The summed E-state index contributed by atoms with van der Waals surface area (Å²) in [5, 5.41) is 10.9. The van der Waals surface area contributed by atoms with Crippen LogP contribution >= 0.6 is 0 Å². The van der Waals surface area contributed by atoms with Gasteiger partial charge in [0, 0.05) is 18.7 Å². The van der Waals surface area contributed by atoms with E-state index >= 15 is 0 Å². The maximum Gasteiger partial charge on any atom is 0.328 e. The van der Waals surface area contributed by atoms with Crippen LogP contribution in [-0.2, 0) is 9.59 Å². The second-order valence-corrected chi connectivity index (χ2v) is 3.34. The van der Waals surface area contributed by atoms with Gasteiger partial charge in [0.15, 0.2) is 0 Å². The van der Waals surface area contributed by atoms with Gasteiger partial charge in [-0.1, -0.05) is 19.1 Å². The third-order valence-corrected chi connectivity index (χ3v) is 1.88. The van der Waals surface area contributed by atoms with E-state index in [1.54, 1.807) is 0 Å². The summed E-state index contributed by atoms with van der Waals surface area (Å²) in [6, 6.07) is 0. The molecule has 4 heteroatoms. The third-order valence-electron chi connectivity index (χ3n) is 1.88. The van der Waals surface area contributed by atoms with E-state index in [0.29, 0.717) is 6.54 Å². The second kappa shape index (κ2) is 9.96. The standard InChI is InChI=1S/C12H19NO3/c1-2-3-4-5-6-7-10-13-11(14)8-9-12(15)16/h3-4,8-9H,2,5-7,10H2,1H3,(H,13,14)(H,15,16)/b4-3+,9-8+.